The predicted octanol–water partition coefficient (Wildman–Crippen LogP) is 2.49. The summed E-state index contributed by atoms with van der Waals surface area (Å²) in [6.07, 6.45) is -4.13. The van der Waals surface area contributed by atoms with E-state index in [-0.39, 0.29) is 11.8 Å². The first kappa shape index (κ1) is 9.84. The van der Waals surface area contributed by atoms with Gasteiger partial charge in [-0.2, -0.15) is 13.2 Å². The molecule has 1 nitrogen and oxygen atoms in total. The van der Waals surface area contributed by atoms with Crippen LogP contribution in [0.1, 0.15) is 32.6 Å². The summed E-state index contributed by atoms with van der Waals surface area (Å²) in [5.41, 5.74) is -0.269. The molecular formula is C8H13F3O. The van der Waals surface area contributed by atoms with E-state index in [9.17, 15) is 13.2 Å². The quantitative estimate of drug-likeness (QED) is 0.695. The third-order valence-electron chi connectivity index (χ3n) is 2.62. The monoisotopic (exact) mass is 182 g/mol. The minimum Gasteiger partial charge on any atom is -0.384 e. The number of halogens is 3. The molecule has 0 heterocycles. The Bertz CT molecular complexity index is 160. The topological polar surface area (TPSA) is 20.2 Å². The van der Waals surface area contributed by atoms with Crippen LogP contribution < -0.4 is 0 Å². The van der Waals surface area contributed by atoms with Gasteiger partial charge >= 0.3 is 6.18 Å². The van der Waals surface area contributed by atoms with E-state index in [0.29, 0.717) is 0 Å². The zero-order chi connectivity index (χ0) is 9.41. The fraction of sp³-hybridized carbons (Fsp3) is 1.00. The van der Waals surface area contributed by atoms with Crippen LogP contribution in [0.2, 0.25) is 0 Å². The van der Waals surface area contributed by atoms with Gasteiger partial charge in [0.25, 0.3) is 0 Å². The van der Waals surface area contributed by atoms with Crippen LogP contribution in [0.3, 0.4) is 0 Å². The lowest BCUT2D eigenvalue weighted by molar-refractivity contribution is -0.215. The summed E-state index contributed by atoms with van der Waals surface area (Å²) in [6, 6.07) is 0. The molecule has 1 aliphatic carbocycles. The maximum atomic E-state index is 11.9. The number of alkyl halides is 3. The van der Waals surface area contributed by atoms with E-state index in [4.69, 9.17) is 5.11 Å². The second-order valence-electron chi connectivity index (χ2n) is 3.93. The normalized spacial score (nSPS) is 24.8. The van der Waals surface area contributed by atoms with Crippen molar-refractivity contribution in [1.82, 2.24) is 0 Å². The molecule has 0 amide bonds. The summed E-state index contributed by atoms with van der Waals surface area (Å²) in [5.74, 6) is 0. The van der Waals surface area contributed by atoms with Crippen molar-refractivity contribution in [2.24, 2.45) is 5.41 Å². The van der Waals surface area contributed by atoms with Gasteiger partial charge in [-0.05, 0) is 24.7 Å². The van der Waals surface area contributed by atoms with E-state index < -0.39 is 12.3 Å². The Kier molecular flexibility index (Phi) is 2.38. The first-order valence-corrected chi connectivity index (χ1v) is 4.08. The molecule has 72 valence electrons. The lowest BCUT2D eigenvalue weighted by Crippen LogP contribution is -2.37. The number of hydrogen-bond donors (Lipinski definition) is 1. The largest absolute Gasteiger partial charge is 0.414 e. The van der Waals surface area contributed by atoms with Crippen LogP contribution in [0, 0.1) is 5.41 Å². The third kappa shape index (κ3) is 2.12. The highest BCUT2D eigenvalue weighted by molar-refractivity contribution is 4.87. The Morgan fingerprint density at radius 2 is 1.92 bits per heavy atom. The zero-order valence-electron chi connectivity index (χ0n) is 6.99. The Morgan fingerprint density at radius 1 is 1.42 bits per heavy atom. The predicted molar refractivity (Wildman–Crippen MR) is 38.6 cm³/mol. The van der Waals surface area contributed by atoms with Crippen LogP contribution in [0.25, 0.3) is 0 Å². The van der Waals surface area contributed by atoms with Gasteiger partial charge in [0.05, 0.1) is 0 Å². The van der Waals surface area contributed by atoms with Crippen molar-refractivity contribution in [2.75, 3.05) is 0 Å². The molecule has 0 aromatic rings. The molecule has 0 unspecified atom stereocenters. The highest BCUT2D eigenvalue weighted by Crippen LogP contribution is 2.45. The van der Waals surface area contributed by atoms with Crippen LogP contribution in [0.5, 0.6) is 0 Å². The van der Waals surface area contributed by atoms with Gasteiger partial charge < -0.3 is 5.11 Å². The van der Waals surface area contributed by atoms with Crippen molar-refractivity contribution in [3.63, 3.8) is 0 Å². The van der Waals surface area contributed by atoms with Crippen LogP contribution in [0.4, 0.5) is 13.2 Å². The minimum atomic E-state index is -4.45. The van der Waals surface area contributed by atoms with Gasteiger partial charge in [0.1, 0.15) is 6.10 Å². The highest BCUT2D eigenvalue weighted by Gasteiger charge is 2.44. The first-order chi connectivity index (χ1) is 5.33. The summed E-state index contributed by atoms with van der Waals surface area (Å²) in [6.45, 7) is 1.80. The van der Waals surface area contributed by atoms with Crippen molar-refractivity contribution in [2.45, 2.75) is 44.9 Å². The summed E-state index contributed by atoms with van der Waals surface area (Å²) in [7, 11) is 0. The molecule has 0 saturated heterocycles. The van der Waals surface area contributed by atoms with Gasteiger partial charge in [-0.3, -0.25) is 0 Å². The molecule has 0 radical (unpaired) electrons. The Balaban J connectivity index is 2.40. The average Bonchev–Trinajstić information content (AvgIpc) is 1.82. The van der Waals surface area contributed by atoms with Crippen molar-refractivity contribution in [3.8, 4) is 0 Å². The average molecular weight is 182 g/mol. The fourth-order valence-corrected chi connectivity index (χ4v) is 1.57. The minimum absolute atomic E-state index is 0.142. The van der Waals surface area contributed by atoms with E-state index in [2.05, 4.69) is 0 Å². The molecule has 0 aromatic carbocycles. The molecule has 1 atom stereocenters. The van der Waals surface area contributed by atoms with Gasteiger partial charge in [-0.1, -0.05) is 13.3 Å². The zero-order valence-corrected chi connectivity index (χ0v) is 6.99. The second-order valence-corrected chi connectivity index (χ2v) is 3.93. The maximum Gasteiger partial charge on any atom is 0.414 e. The van der Waals surface area contributed by atoms with Crippen LogP contribution >= 0.6 is 0 Å². The molecule has 1 rings (SSSR count). The van der Waals surface area contributed by atoms with Gasteiger partial charge in [-0.15, -0.1) is 0 Å². The number of aliphatic hydroxyl groups is 1. The molecule has 12 heavy (non-hydrogen) atoms. The van der Waals surface area contributed by atoms with E-state index >= 15 is 0 Å². The maximum absolute atomic E-state index is 11.9. The lowest BCUT2D eigenvalue weighted by Gasteiger charge is -2.40. The summed E-state index contributed by atoms with van der Waals surface area (Å²) >= 11 is 0. The van der Waals surface area contributed by atoms with E-state index in [0.717, 1.165) is 19.3 Å². The highest BCUT2D eigenvalue weighted by atomic mass is 19.4. The second kappa shape index (κ2) is 2.91. The smallest absolute Gasteiger partial charge is 0.384 e. The van der Waals surface area contributed by atoms with E-state index in [1.54, 1.807) is 6.92 Å². The lowest BCUT2D eigenvalue weighted by atomic mass is 9.67. The SMILES string of the molecule is CC1(C[C@@H](O)C(F)(F)F)CCC1. The van der Waals surface area contributed by atoms with Crippen LogP contribution in [-0.2, 0) is 0 Å². The molecule has 4 heteroatoms. The van der Waals surface area contributed by atoms with Crippen molar-refractivity contribution < 1.29 is 18.3 Å². The van der Waals surface area contributed by atoms with E-state index in [1.165, 1.54) is 0 Å². The standard InChI is InChI=1S/C8H13F3O/c1-7(3-2-4-7)5-6(12)8(9,10)11/h6,12H,2-5H2,1H3/t6-/m1/s1. The van der Waals surface area contributed by atoms with Crippen molar-refractivity contribution >= 4 is 0 Å². The third-order valence-corrected chi connectivity index (χ3v) is 2.62. The molecule has 1 N–H and O–H groups in total. The molecule has 1 aliphatic rings. The van der Waals surface area contributed by atoms with Crippen molar-refractivity contribution in [1.29, 1.82) is 0 Å². The molecule has 0 spiro atoms. The summed E-state index contributed by atoms with van der Waals surface area (Å²) in [4.78, 5) is 0. The number of aliphatic hydroxyl groups excluding tert-OH is 1. The van der Waals surface area contributed by atoms with Gasteiger partial charge in [0.2, 0.25) is 0 Å². The van der Waals surface area contributed by atoms with Gasteiger partial charge in [0, 0.05) is 0 Å². The summed E-state index contributed by atoms with van der Waals surface area (Å²) < 4.78 is 35.7. The van der Waals surface area contributed by atoms with Crippen LogP contribution in [0.15, 0.2) is 0 Å². The van der Waals surface area contributed by atoms with Gasteiger partial charge in [0.15, 0.2) is 0 Å². The number of hydrogen-bond acceptors (Lipinski definition) is 1. The van der Waals surface area contributed by atoms with Crippen molar-refractivity contribution in [3.05, 3.63) is 0 Å². The van der Waals surface area contributed by atoms with Crippen LogP contribution in [-0.4, -0.2) is 17.4 Å². The van der Waals surface area contributed by atoms with E-state index in [1.807, 2.05) is 0 Å². The first-order valence-electron chi connectivity index (χ1n) is 4.08. The molecule has 0 aromatic heterocycles. The van der Waals surface area contributed by atoms with Gasteiger partial charge in [-0.25, -0.2) is 0 Å². The molecule has 0 bridgehead atoms. The Morgan fingerprint density at radius 3 is 2.17 bits per heavy atom. The molecule has 1 saturated carbocycles. The fourth-order valence-electron chi connectivity index (χ4n) is 1.57. The number of rotatable bonds is 2. The summed E-state index contributed by atoms with van der Waals surface area (Å²) in [5, 5.41) is 8.76. The molecule has 0 aliphatic heterocycles. The Hall–Kier alpha value is -0.250. The Labute approximate surface area is 69.6 Å². The molecular weight excluding hydrogens is 169 g/mol. The molecule has 1 fully saturated rings.